The summed E-state index contributed by atoms with van der Waals surface area (Å²) in [5.74, 6) is -4.09. The molecule has 180 valence electrons. The van der Waals surface area contributed by atoms with Crippen LogP contribution in [-0.4, -0.2) is 56.8 Å². The molecule has 4 aliphatic carbocycles. The first-order valence-corrected chi connectivity index (χ1v) is 11.4. The number of carbonyl (C=O) groups is 3. The predicted molar refractivity (Wildman–Crippen MR) is 116 cm³/mol. The molecule has 0 aromatic carbocycles. The van der Waals surface area contributed by atoms with Crippen molar-refractivity contribution >= 4 is 17.5 Å². The van der Waals surface area contributed by atoms with Gasteiger partial charge in [0, 0.05) is 29.2 Å². The van der Waals surface area contributed by atoms with E-state index in [0.717, 1.165) is 0 Å². The van der Waals surface area contributed by atoms with Crippen molar-refractivity contribution < 1.29 is 38.8 Å². The highest BCUT2D eigenvalue weighted by Gasteiger charge is 2.77. The van der Waals surface area contributed by atoms with E-state index in [1.165, 1.54) is 24.3 Å². The number of ketones is 2. The largest absolute Gasteiger partial charge is 0.508 e. The van der Waals surface area contributed by atoms with Crippen molar-refractivity contribution in [2.45, 2.75) is 64.3 Å². The molecule has 4 aliphatic rings. The minimum Gasteiger partial charge on any atom is -0.508 e. The molecular weight excluding hydrogens is 431 g/mol. The Balaban J connectivity index is 1.93. The number of rotatable bonds is 4. The van der Waals surface area contributed by atoms with Gasteiger partial charge < -0.3 is 20.1 Å². The highest BCUT2D eigenvalue weighted by atomic mass is 19.1. The summed E-state index contributed by atoms with van der Waals surface area (Å²) >= 11 is 0. The molecule has 33 heavy (non-hydrogen) atoms. The third kappa shape index (κ3) is 2.71. The predicted octanol–water partition coefficient (Wildman–Crippen LogP) is 2.52. The fourth-order valence-electron chi connectivity index (χ4n) is 7.34. The minimum atomic E-state index is -2.28. The van der Waals surface area contributed by atoms with Crippen LogP contribution in [0.4, 0.5) is 4.39 Å². The molecule has 0 saturated heterocycles. The molecule has 2 saturated carbocycles. The zero-order valence-corrected chi connectivity index (χ0v) is 19.3. The van der Waals surface area contributed by atoms with Crippen LogP contribution in [0.5, 0.6) is 0 Å². The molecule has 0 aromatic heterocycles. The van der Waals surface area contributed by atoms with Gasteiger partial charge in [0.05, 0.1) is 11.5 Å². The van der Waals surface area contributed by atoms with Crippen molar-refractivity contribution in [3.8, 4) is 0 Å². The molecule has 7 nitrogen and oxygen atoms in total. The SMILES string of the molecule is CCC(=O)O[C@@]1(C(=O)CO)[C@H](C)C[C@H]2[C@@H]3C=C(O)C4=CC(=O)C=C[C@]4(C)[C@@]3(F)[C@@H](O)C[C@@]21C. The monoisotopic (exact) mass is 462 g/mol. The van der Waals surface area contributed by atoms with E-state index in [1.807, 2.05) is 0 Å². The summed E-state index contributed by atoms with van der Waals surface area (Å²) in [4.78, 5) is 37.5. The number of fused-ring (bicyclic) bond motifs is 5. The summed E-state index contributed by atoms with van der Waals surface area (Å²) < 4.78 is 23.0. The second kappa shape index (κ2) is 7.34. The lowest BCUT2D eigenvalue weighted by Gasteiger charge is -2.61. The Labute approximate surface area is 192 Å². The molecule has 4 rings (SSSR count). The zero-order chi connectivity index (χ0) is 24.6. The summed E-state index contributed by atoms with van der Waals surface area (Å²) in [7, 11) is 0. The smallest absolute Gasteiger partial charge is 0.306 e. The fourth-order valence-corrected chi connectivity index (χ4v) is 7.34. The summed E-state index contributed by atoms with van der Waals surface area (Å²) in [6.45, 7) is 5.70. The van der Waals surface area contributed by atoms with Gasteiger partial charge in [-0.3, -0.25) is 14.4 Å². The van der Waals surface area contributed by atoms with Crippen LogP contribution < -0.4 is 0 Å². The van der Waals surface area contributed by atoms with Crippen LogP contribution in [-0.2, 0) is 19.1 Å². The lowest BCUT2D eigenvalue weighted by molar-refractivity contribution is -0.218. The number of aliphatic hydroxyl groups is 3. The standard InChI is InChI=1S/C25H31FO7/c1-5-21(32)33-25(20(31)12-27)13(2)8-15-16-10-18(29)17-9-14(28)6-7-22(17,3)24(16,26)19(30)11-23(15,25)4/h6-7,9-10,13,15-16,19,27,29-30H,5,8,11-12H2,1-4H3/t13-,15+,16+,19+,22+,23+,24+,25-/m1/s1. The van der Waals surface area contributed by atoms with Gasteiger partial charge in [0.25, 0.3) is 0 Å². The second-order valence-corrected chi connectivity index (χ2v) is 10.4. The highest BCUT2D eigenvalue weighted by Crippen LogP contribution is 2.70. The summed E-state index contributed by atoms with van der Waals surface area (Å²) in [5.41, 5.74) is -6.57. The molecule has 0 amide bonds. The van der Waals surface area contributed by atoms with Crippen LogP contribution in [0.2, 0.25) is 0 Å². The Morgan fingerprint density at radius 2 is 1.97 bits per heavy atom. The average Bonchev–Trinajstić information content (AvgIpc) is 2.98. The Bertz CT molecular complexity index is 1010. The van der Waals surface area contributed by atoms with E-state index in [4.69, 9.17) is 4.74 Å². The van der Waals surface area contributed by atoms with E-state index >= 15 is 4.39 Å². The average molecular weight is 463 g/mol. The quantitative estimate of drug-likeness (QED) is 0.549. The number of esters is 1. The fraction of sp³-hybridized carbons (Fsp3) is 0.640. The third-order valence-corrected chi connectivity index (χ3v) is 8.95. The van der Waals surface area contributed by atoms with E-state index in [-0.39, 0.29) is 36.4 Å². The molecule has 2 fully saturated rings. The van der Waals surface area contributed by atoms with Gasteiger partial charge >= 0.3 is 5.97 Å². The number of alkyl halides is 1. The zero-order valence-electron chi connectivity index (χ0n) is 19.3. The van der Waals surface area contributed by atoms with E-state index in [1.54, 1.807) is 27.7 Å². The Kier molecular flexibility index (Phi) is 5.30. The third-order valence-electron chi connectivity index (χ3n) is 8.95. The number of hydrogen-bond acceptors (Lipinski definition) is 7. The molecule has 0 radical (unpaired) electrons. The number of hydrogen-bond donors (Lipinski definition) is 3. The van der Waals surface area contributed by atoms with Crippen molar-refractivity contribution in [3.05, 3.63) is 35.6 Å². The number of allylic oxidation sites excluding steroid dienone is 5. The maximum atomic E-state index is 17.2. The topological polar surface area (TPSA) is 121 Å². The molecule has 0 heterocycles. The Morgan fingerprint density at radius 3 is 2.58 bits per heavy atom. The van der Waals surface area contributed by atoms with E-state index < -0.39 is 64.3 Å². The molecule has 0 aromatic rings. The maximum absolute atomic E-state index is 17.2. The molecule has 0 spiro atoms. The lowest BCUT2D eigenvalue weighted by atomic mass is 9.46. The van der Waals surface area contributed by atoms with Crippen LogP contribution in [0, 0.1) is 28.6 Å². The molecule has 0 unspecified atom stereocenters. The first-order chi connectivity index (χ1) is 15.3. The van der Waals surface area contributed by atoms with Gasteiger partial charge in [-0.2, -0.15) is 0 Å². The second-order valence-electron chi connectivity index (χ2n) is 10.4. The number of carbonyl (C=O) groups excluding carboxylic acids is 3. The number of Topliss-reactive ketones (excluding diaryl/α,β-unsaturated/α-hetero) is 1. The van der Waals surface area contributed by atoms with Gasteiger partial charge in [-0.05, 0) is 43.9 Å². The Hall–Kier alpha value is -2.32. The summed E-state index contributed by atoms with van der Waals surface area (Å²) in [6, 6.07) is 0. The number of halogens is 1. The van der Waals surface area contributed by atoms with E-state index in [0.29, 0.717) is 0 Å². The maximum Gasteiger partial charge on any atom is 0.306 e. The minimum absolute atomic E-state index is 0.0126. The number of ether oxygens (including phenoxy) is 1. The lowest BCUT2D eigenvalue weighted by Crippen LogP contribution is -2.69. The summed E-state index contributed by atoms with van der Waals surface area (Å²) in [5, 5.41) is 32.0. The van der Waals surface area contributed by atoms with E-state index in [9.17, 15) is 29.7 Å². The van der Waals surface area contributed by atoms with Gasteiger partial charge in [0.2, 0.25) is 5.78 Å². The number of aliphatic hydroxyl groups excluding tert-OH is 3. The van der Waals surface area contributed by atoms with Crippen LogP contribution in [0.3, 0.4) is 0 Å². The van der Waals surface area contributed by atoms with E-state index in [2.05, 4.69) is 0 Å². The summed E-state index contributed by atoms with van der Waals surface area (Å²) in [6.07, 6.45) is 3.65. The molecular formula is C25H31FO7. The van der Waals surface area contributed by atoms with Crippen LogP contribution >= 0.6 is 0 Å². The van der Waals surface area contributed by atoms with Crippen LogP contribution in [0.1, 0.15) is 47.0 Å². The van der Waals surface area contributed by atoms with Crippen LogP contribution in [0.25, 0.3) is 0 Å². The van der Waals surface area contributed by atoms with Crippen molar-refractivity contribution in [3.63, 3.8) is 0 Å². The first-order valence-electron chi connectivity index (χ1n) is 11.4. The molecule has 8 heteroatoms. The van der Waals surface area contributed by atoms with Crippen molar-refractivity contribution in [1.29, 1.82) is 0 Å². The van der Waals surface area contributed by atoms with Crippen LogP contribution in [0.15, 0.2) is 35.6 Å². The molecule has 0 aliphatic heterocycles. The Morgan fingerprint density at radius 1 is 1.30 bits per heavy atom. The van der Waals surface area contributed by atoms with Gasteiger partial charge in [0.1, 0.15) is 12.4 Å². The molecule has 0 bridgehead atoms. The molecule has 3 N–H and O–H groups in total. The first kappa shape index (κ1) is 23.8. The normalized spacial score (nSPS) is 46.0. The van der Waals surface area contributed by atoms with Crippen molar-refractivity contribution in [2.75, 3.05) is 6.61 Å². The highest BCUT2D eigenvalue weighted by molar-refractivity contribution is 6.02. The van der Waals surface area contributed by atoms with Gasteiger partial charge in [-0.15, -0.1) is 0 Å². The van der Waals surface area contributed by atoms with Gasteiger partial charge in [-0.25, -0.2) is 4.39 Å². The van der Waals surface area contributed by atoms with Gasteiger partial charge in [0.15, 0.2) is 17.1 Å². The van der Waals surface area contributed by atoms with Crippen molar-refractivity contribution in [2.24, 2.45) is 28.6 Å². The molecule has 8 atom stereocenters. The van der Waals surface area contributed by atoms with Gasteiger partial charge in [-0.1, -0.05) is 26.8 Å². The van der Waals surface area contributed by atoms with Crippen molar-refractivity contribution in [1.82, 2.24) is 0 Å².